The molecule has 0 amide bonds. The minimum atomic E-state index is 0.168. The van der Waals surface area contributed by atoms with E-state index in [1.54, 1.807) is 12.3 Å². The number of aromatic nitrogens is 1. The number of phenolic OH excluding ortho intramolecular Hbond substituents is 1. The van der Waals surface area contributed by atoms with E-state index >= 15 is 0 Å². The molecule has 0 aliphatic heterocycles. The molecule has 0 aliphatic rings. The monoisotopic (exact) mass is 370 g/mol. The normalized spacial score (nSPS) is 11.3. The van der Waals surface area contributed by atoms with E-state index in [9.17, 15) is 5.11 Å². The first kappa shape index (κ1) is 17.9. The van der Waals surface area contributed by atoms with Crippen molar-refractivity contribution >= 4 is 17.1 Å². The van der Waals surface area contributed by atoms with Crippen LogP contribution in [0.15, 0.2) is 84.0 Å². The number of H-pyrrole nitrogens is 1. The van der Waals surface area contributed by atoms with Crippen molar-refractivity contribution in [3.05, 3.63) is 95.7 Å². The number of nitrogens with zero attached hydrogens (tertiary/aromatic N) is 1. The van der Waals surface area contributed by atoms with Crippen molar-refractivity contribution in [3.8, 4) is 11.5 Å². The first-order chi connectivity index (χ1) is 13.8. The molecule has 0 aliphatic carbocycles. The Morgan fingerprint density at radius 1 is 0.964 bits per heavy atom. The molecule has 4 rings (SSSR count). The van der Waals surface area contributed by atoms with E-state index in [0.29, 0.717) is 24.5 Å². The lowest BCUT2D eigenvalue weighted by atomic mass is 10.1. The van der Waals surface area contributed by atoms with Crippen molar-refractivity contribution in [3.63, 3.8) is 0 Å². The van der Waals surface area contributed by atoms with E-state index in [1.807, 2.05) is 60.8 Å². The van der Waals surface area contributed by atoms with Gasteiger partial charge in [-0.25, -0.2) is 0 Å². The number of benzene rings is 3. The lowest BCUT2D eigenvalue weighted by Crippen LogP contribution is -1.95. The fourth-order valence-electron chi connectivity index (χ4n) is 3.15. The Bertz CT molecular complexity index is 1080. The lowest BCUT2D eigenvalue weighted by molar-refractivity contribution is 0.304. The van der Waals surface area contributed by atoms with Gasteiger partial charge in [-0.1, -0.05) is 48.5 Å². The summed E-state index contributed by atoms with van der Waals surface area (Å²) >= 11 is 0. The van der Waals surface area contributed by atoms with Crippen molar-refractivity contribution in [2.24, 2.45) is 4.99 Å². The van der Waals surface area contributed by atoms with Gasteiger partial charge in [0.05, 0.1) is 0 Å². The van der Waals surface area contributed by atoms with Crippen molar-refractivity contribution in [2.45, 2.75) is 13.0 Å². The molecule has 4 heteroatoms. The Morgan fingerprint density at radius 2 is 1.79 bits per heavy atom. The second-order valence-electron chi connectivity index (χ2n) is 6.64. The fraction of sp³-hybridized carbons (Fsp3) is 0.125. The van der Waals surface area contributed by atoms with Gasteiger partial charge in [-0.05, 0) is 35.7 Å². The Balaban J connectivity index is 1.34. The summed E-state index contributed by atoms with van der Waals surface area (Å²) in [6.07, 6.45) is 4.60. The maximum Gasteiger partial charge on any atom is 0.128 e. The highest BCUT2D eigenvalue weighted by molar-refractivity contribution is 5.84. The van der Waals surface area contributed by atoms with Crippen LogP contribution in [0, 0.1) is 0 Å². The SMILES string of the molecule is Oc1cc(OCc2ccccc2)ccc1C=NCCc1c[nH]c2ccccc12. The number of hydrogen-bond acceptors (Lipinski definition) is 3. The highest BCUT2D eigenvalue weighted by atomic mass is 16.5. The van der Waals surface area contributed by atoms with Gasteiger partial charge in [0.25, 0.3) is 0 Å². The molecule has 1 heterocycles. The molecule has 0 spiro atoms. The molecule has 3 aromatic carbocycles. The van der Waals surface area contributed by atoms with E-state index in [4.69, 9.17) is 4.74 Å². The molecule has 0 unspecified atom stereocenters. The number of fused-ring (bicyclic) bond motifs is 1. The molecule has 0 saturated heterocycles. The molecule has 1 aromatic heterocycles. The summed E-state index contributed by atoms with van der Waals surface area (Å²) in [5.41, 5.74) is 4.17. The topological polar surface area (TPSA) is 57.6 Å². The van der Waals surface area contributed by atoms with Gasteiger partial charge in [0.2, 0.25) is 0 Å². The molecule has 28 heavy (non-hydrogen) atoms. The number of phenols is 1. The van der Waals surface area contributed by atoms with Gasteiger partial charge in [-0.15, -0.1) is 0 Å². The Morgan fingerprint density at radius 3 is 2.64 bits per heavy atom. The number of aliphatic imine (C=N–C) groups is 1. The highest BCUT2D eigenvalue weighted by Crippen LogP contribution is 2.23. The summed E-state index contributed by atoms with van der Waals surface area (Å²) in [6, 6.07) is 23.5. The fourth-order valence-corrected chi connectivity index (χ4v) is 3.15. The summed E-state index contributed by atoms with van der Waals surface area (Å²) in [4.78, 5) is 7.75. The molecule has 2 N–H and O–H groups in total. The van der Waals surface area contributed by atoms with Crippen LogP contribution in [0.5, 0.6) is 11.5 Å². The van der Waals surface area contributed by atoms with Crippen LogP contribution in [-0.4, -0.2) is 22.8 Å². The summed E-state index contributed by atoms with van der Waals surface area (Å²) < 4.78 is 5.74. The molecular weight excluding hydrogens is 348 g/mol. The highest BCUT2D eigenvalue weighted by Gasteiger charge is 2.04. The molecule has 4 aromatic rings. The van der Waals surface area contributed by atoms with Crippen LogP contribution in [0.2, 0.25) is 0 Å². The lowest BCUT2D eigenvalue weighted by Gasteiger charge is -2.07. The van der Waals surface area contributed by atoms with E-state index < -0.39 is 0 Å². The minimum absolute atomic E-state index is 0.168. The number of nitrogens with one attached hydrogen (secondary N) is 1. The van der Waals surface area contributed by atoms with Crippen molar-refractivity contribution in [2.75, 3.05) is 6.54 Å². The van der Waals surface area contributed by atoms with Gasteiger partial charge in [0, 0.05) is 41.5 Å². The molecule has 4 nitrogen and oxygen atoms in total. The van der Waals surface area contributed by atoms with E-state index in [0.717, 1.165) is 17.5 Å². The third-order valence-electron chi connectivity index (χ3n) is 4.67. The number of aromatic hydroxyl groups is 1. The van der Waals surface area contributed by atoms with Gasteiger partial charge in [0.1, 0.15) is 18.1 Å². The summed E-state index contributed by atoms with van der Waals surface area (Å²) in [5.74, 6) is 0.804. The molecule has 0 radical (unpaired) electrons. The molecule has 0 atom stereocenters. The van der Waals surface area contributed by atoms with Gasteiger partial charge in [0.15, 0.2) is 0 Å². The van der Waals surface area contributed by atoms with Crippen LogP contribution < -0.4 is 4.74 Å². The third-order valence-corrected chi connectivity index (χ3v) is 4.67. The molecule has 0 saturated carbocycles. The first-order valence-corrected chi connectivity index (χ1v) is 9.34. The van der Waals surface area contributed by atoms with Crippen LogP contribution in [0.3, 0.4) is 0 Å². The average Bonchev–Trinajstić information content (AvgIpc) is 3.15. The smallest absolute Gasteiger partial charge is 0.128 e. The van der Waals surface area contributed by atoms with Crippen LogP contribution in [-0.2, 0) is 13.0 Å². The van der Waals surface area contributed by atoms with Gasteiger partial charge >= 0.3 is 0 Å². The number of hydrogen-bond donors (Lipinski definition) is 2. The van der Waals surface area contributed by atoms with Crippen molar-refractivity contribution in [1.29, 1.82) is 0 Å². The summed E-state index contributed by atoms with van der Waals surface area (Å²) in [7, 11) is 0. The van der Waals surface area contributed by atoms with Gasteiger partial charge in [-0.3, -0.25) is 4.99 Å². The zero-order valence-electron chi connectivity index (χ0n) is 15.5. The number of ether oxygens (including phenoxy) is 1. The Hall–Kier alpha value is -3.53. The van der Waals surface area contributed by atoms with Crippen molar-refractivity contribution in [1.82, 2.24) is 4.98 Å². The summed E-state index contributed by atoms with van der Waals surface area (Å²) in [6.45, 7) is 1.13. The van der Waals surface area contributed by atoms with E-state index in [1.165, 1.54) is 10.9 Å². The number of aromatic amines is 1. The van der Waals surface area contributed by atoms with Crippen LogP contribution in [0.4, 0.5) is 0 Å². The first-order valence-electron chi connectivity index (χ1n) is 9.34. The molecule has 140 valence electrons. The minimum Gasteiger partial charge on any atom is -0.507 e. The Labute approximate surface area is 164 Å². The van der Waals surface area contributed by atoms with Gasteiger partial charge in [-0.2, -0.15) is 0 Å². The molecule has 0 bridgehead atoms. The molecule has 0 fully saturated rings. The predicted molar refractivity (Wildman–Crippen MR) is 113 cm³/mol. The maximum atomic E-state index is 10.2. The second kappa shape index (κ2) is 8.44. The summed E-state index contributed by atoms with van der Waals surface area (Å²) in [5, 5.41) is 11.5. The largest absolute Gasteiger partial charge is 0.507 e. The number of rotatable bonds is 7. The Kier molecular flexibility index (Phi) is 5.38. The quantitative estimate of drug-likeness (QED) is 0.444. The number of para-hydroxylation sites is 1. The average molecular weight is 370 g/mol. The maximum absolute atomic E-state index is 10.2. The predicted octanol–water partition coefficient (Wildman–Crippen LogP) is 5.11. The van der Waals surface area contributed by atoms with Crippen molar-refractivity contribution < 1.29 is 9.84 Å². The standard InChI is InChI=1S/C24H22N2O2/c27-24-14-21(28-17-18-6-2-1-3-7-18)11-10-20(24)15-25-13-12-19-16-26-23-9-5-4-8-22(19)23/h1-11,14-16,26-27H,12-13,17H2. The zero-order valence-corrected chi connectivity index (χ0v) is 15.5. The zero-order chi connectivity index (χ0) is 19.2. The van der Waals surface area contributed by atoms with Crippen LogP contribution in [0.1, 0.15) is 16.7 Å². The van der Waals surface area contributed by atoms with E-state index in [2.05, 4.69) is 22.1 Å². The molecular formula is C24H22N2O2. The van der Waals surface area contributed by atoms with E-state index in [-0.39, 0.29) is 5.75 Å². The third kappa shape index (κ3) is 4.23. The second-order valence-corrected chi connectivity index (χ2v) is 6.64. The van der Waals surface area contributed by atoms with Crippen LogP contribution in [0.25, 0.3) is 10.9 Å². The van der Waals surface area contributed by atoms with Gasteiger partial charge < -0.3 is 14.8 Å². The van der Waals surface area contributed by atoms with Crippen LogP contribution >= 0.6 is 0 Å².